The molecule has 1 saturated carbocycles. The number of aliphatic hydroxyl groups excluding tert-OH is 1. The predicted octanol–water partition coefficient (Wildman–Crippen LogP) is 4.29. The monoisotopic (exact) mass is 376 g/mol. The molecule has 0 radical (unpaired) electrons. The predicted molar refractivity (Wildman–Crippen MR) is 111 cm³/mol. The maximum atomic E-state index is 10.6. The zero-order valence-electron chi connectivity index (χ0n) is 16.7. The van der Waals surface area contributed by atoms with Crippen LogP contribution in [0.1, 0.15) is 54.3 Å². The number of rotatable bonds is 3. The van der Waals surface area contributed by atoms with Crippen molar-refractivity contribution < 1.29 is 5.11 Å². The van der Waals surface area contributed by atoms with E-state index in [0.717, 1.165) is 55.9 Å². The number of hydrogen-bond donors (Lipinski definition) is 1. The Bertz CT molecular complexity index is 1020. The van der Waals surface area contributed by atoms with Crippen molar-refractivity contribution in [1.29, 1.82) is 0 Å². The van der Waals surface area contributed by atoms with Gasteiger partial charge in [-0.1, -0.05) is 18.1 Å². The van der Waals surface area contributed by atoms with Gasteiger partial charge in [0.05, 0.1) is 23.4 Å². The third kappa shape index (κ3) is 3.08. The van der Waals surface area contributed by atoms with Gasteiger partial charge < -0.3 is 10.0 Å². The fourth-order valence-corrected chi connectivity index (χ4v) is 4.47. The number of aliphatic hydroxyl groups is 1. The summed E-state index contributed by atoms with van der Waals surface area (Å²) < 4.78 is 2.09. The van der Waals surface area contributed by atoms with Crippen LogP contribution in [0.5, 0.6) is 0 Å². The maximum absolute atomic E-state index is 10.6. The SMILES string of the molecule is Cc1ccc2nc(N3CCCn4nc([C@H](O)C5CCC5)cc4C3)cc(C)c2c1. The minimum absolute atomic E-state index is 0.392. The summed E-state index contributed by atoms with van der Waals surface area (Å²) in [4.78, 5) is 7.31. The van der Waals surface area contributed by atoms with E-state index in [0.29, 0.717) is 5.92 Å². The van der Waals surface area contributed by atoms with E-state index in [1.165, 1.54) is 28.6 Å². The number of aromatic nitrogens is 3. The molecule has 2 aliphatic rings. The van der Waals surface area contributed by atoms with Gasteiger partial charge in [0.15, 0.2) is 0 Å². The number of anilines is 1. The molecule has 5 nitrogen and oxygen atoms in total. The Morgan fingerprint density at radius 2 is 1.93 bits per heavy atom. The highest BCUT2D eigenvalue weighted by Crippen LogP contribution is 2.37. The van der Waals surface area contributed by atoms with Crippen LogP contribution in [0.15, 0.2) is 30.3 Å². The second kappa shape index (κ2) is 6.89. The molecule has 0 amide bonds. The van der Waals surface area contributed by atoms with Crippen molar-refractivity contribution in [2.24, 2.45) is 5.92 Å². The van der Waals surface area contributed by atoms with Crippen LogP contribution in [-0.4, -0.2) is 26.4 Å². The van der Waals surface area contributed by atoms with E-state index < -0.39 is 6.10 Å². The zero-order valence-corrected chi connectivity index (χ0v) is 16.7. The standard InChI is InChI=1S/C23H28N4O/c1-15-7-8-20-19(11-15)16(2)12-22(24-20)26-9-4-10-27-18(14-26)13-21(25-27)23(28)17-5-3-6-17/h7-8,11-13,17,23,28H,3-6,9-10,14H2,1-2H3/t23-/m1/s1. The van der Waals surface area contributed by atoms with Crippen molar-refractivity contribution in [3.8, 4) is 0 Å². The molecule has 1 aromatic carbocycles. The molecule has 3 heterocycles. The van der Waals surface area contributed by atoms with E-state index in [2.05, 4.69) is 53.8 Å². The second-order valence-electron chi connectivity index (χ2n) is 8.51. The zero-order chi connectivity index (χ0) is 19.3. The summed E-state index contributed by atoms with van der Waals surface area (Å²) in [6, 6.07) is 10.8. The molecule has 28 heavy (non-hydrogen) atoms. The maximum Gasteiger partial charge on any atom is 0.129 e. The lowest BCUT2D eigenvalue weighted by atomic mass is 9.80. The first kappa shape index (κ1) is 17.7. The largest absolute Gasteiger partial charge is 0.386 e. The van der Waals surface area contributed by atoms with Gasteiger partial charge >= 0.3 is 0 Å². The summed E-state index contributed by atoms with van der Waals surface area (Å²) in [5.41, 5.74) is 5.61. The van der Waals surface area contributed by atoms with Crippen LogP contribution in [-0.2, 0) is 13.1 Å². The van der Waals surface area contributed by atoms with Gasteiger partial charge in [-0.15, -0.1) is 0 Å². The van der Waals surface area contributed by atoms with Gasteiger partial charge in [0.1, 0.15) is 11.9 Å². The number of pyridine rings is 1. The molecule has 1 atom stereocenters. The van der Waals surface area contributed by atoms with Gasteiger partial charge in [-0.05, 0) is 68.9 Å². The van der Waals surface area contributed by atoms with Gasteiger partial charge in [-0.2, -0.15) is 5.10 Å². The first-order valence-corrected chi connectivity index (χ1v) is 10.5. The molecule has 0 unspecified atom stereocenters. The molecule has 1 N–H and O–H groups in total. The molecule has 1 fully saturated rings. The first-order chi connectivity index (χ1) is 13.6. The molecular formula is C23H28N4O. The van der Waals surface area contributed by atoms with E-state index >= 15 is 0 Å². The molecule has 5 rings (SSSR count). The lowest BCUT2D eigenvalue weighted by Crippen LogP contribution is -2.24. The average molecular weight is 377 g/mol. The molecule has 0 bridgehead atoms. The van der Waals surface area contributed by atoms with Gasteiger partial charge in [-0.3, -0.25) is 4.68 Å². The molecule has 1 aliphatic heterocycles. The summed E-state index contributed by atoms with van der Waals surface area (Å²) >= 11 is 0. The molecule has 5 heteroatoms. The number of hydrogen-bond acceptors (Lipinski definition) is 4. The number of benzene rings is 1. The third-order valence-electron chi connectivity index (χ3n) is 6.41. The van der Waals surface area contributed by atoms with Crippen molar-refractivity contribution in [1.82, 2.24) is 14.8 Å². The molecule has 0 saturated heterocycles. The van der Waals surface area contributed by atoms with E-state index in [4.69, 9.17) is 10.1 Å². The van der Waals surface area contributed by atoms with Gasteiger partial charge in [-0.25, -0.2) is 4.98 Å². The van der Waals surface area contributed by atoms with Gasteiger partial charge in [0.25, 0.3) is 0 Å². The summed E-state index contributed by atoms with van der Waals surface area (Å²) in [5, 5.41) is 16.6. The highest BCUT2D eigenvalue weighted by atomic mass is 16.3. The Labute approximate surface area is 166 Å². The topological polar surface area (TPSA) is 54.2 Å². The van der Waals surface area contributed by atoms with E-state index in [9.17, 15) is 5.11 Å². The fraction of sp³-hybridized carbons (Fsp3) is 0.478. The highest BCUT2D eigenvalue weighted by Gasteiger charge is 2.30. The quantitative estimate of drug-likeness (QED) is 0.741. The van der Waals surface area contributed by atoms with Crippen molar-refractivity contribution in [3.63, 3.8) is 0 Å². The van der Waals surface area contributed by atoms with Gasteiger partial charge in [0, 0.05) is 18.5 Å². The Balaban J connectivity index is 1.45. The van der Waals surface area contributed by atoms with Crippen LogP contribution in [0.25, 0.3) is 10.9 Å². The molecule has 2 aromatic heterocycles. The first-order valence-electron chi connectivity index (χ1n) is 10.5. The molecule has 1 aliphatic carbocycles. The normalized spacial score (nSPS) is 18.6. The summed E-state index contributed by atoms with van der Waals surface area (Å²) in [7, 11) is 0. The van der Waals surface area contributed by atoms with E-state index in [-0.39, 0.29) is 0 Å². The van der Waals surface area contributed by atoms with Crippen LogP contribution in [0.2, 0.25) is 0 Å². The van der Waals surface area contributed by atoms with Crippen LogP contribution >= 0.6 is 0 Å². The van der Waals surface area contributed by atoms with Crippen LogP contribution in [0.4, 0.5) is 5.82 Å². The average Bonchev–Trinajstić information content (AvgIpc) is 2.92. The second-order valence-corrected chi connectivity index (χ2v) is 8.51. The number of fused-ring (bicyclic) bond motifs is 2. The van der Waals surface area contributed by atoms with Crippen molar-refractivity contribution in [3.05, 3.63) is 52.8 Å². The Morgan fingerprint density at radius 1 is 1.07 bits per heavy atom. The minimum atomic E-state index is -0.411. The Hall–Kier alpha value is -2.40. The smallest absolute Gasteiger partial charge is 0.129 e. The van der Waals surface area contributed by atoms with E-state index in [1.807, 2.05) is 0 Å². The molecule has 3 aromatic rings. The van der Waals surface area contributed by atoms with Crippen molar-refractivity contribution in [2.45, 2.75) is 58.7 Å². The highest BCUT2D eigenvalue weighted by molar-refractivity contribution is 5.84. The molecule has 0 spiro atoms. The van der Waals surface area contributed by atoms with Crippen LogP contribution in [0, 0.1) is 19.8 Å². The van der Waals surface area contributed by atoms with Gasteiger partial charge in [0.2, 0.25) is 0 Å². The third-order valence-corrected chi connectivity index (χ3v) is 6.41. The van der Waals surface area contributed by atoms with E-state index in [1.54, 1.807) is 0 Å². The Kier molecular flexibility index (Phi) is 4.35. The molecular weight excluding hydrogens is 348 g/mol. The van der Waals surface area contributed by atoms with Crippen molar-refractivity contribution >= 4 is 16.7 Å². The lowest BCUT2D eigenvalue weighted by Gasteiger charge is -2.29. The fourth-order valence-electron chi connectivity index (χ4n) is 4.47. The summed E-state index contributed by atoms with van der Waals surface area (Å²) in [6.45, 7) is 6.94. The Morgan fingerprint density at radius 3 is 2.71 bits per heavy atom. The summed E-state index contributed by atoms with van der Waals surface area (Å²) in [6.07, 6.45) is 4.09. The minimum Gasteiger partial charge on any atom is -0.386 e. The summed E-state index contributed by atoms with van der Waals surface area (Å²) in [5.74, 6) is 1.42. The molecule has 146 valence electrons. The number of nitrogens with zero attached hydrogens (tertiary/aromatic N) is 4. The lowest BCUT2D eigenvalue weighted by molar-refractivity contribution is 0.0581. The van der Waals surface area contributed by atoms with Crippen LogP contribution in [0.3, 0.4) is 0 Å². The van der Waals surface area contributed by atoms with Crippen molar-refractivity contribution in [2.75, 3.05) is 11.4 Å². The number of aryl methyl sites for hydroxylation is 3. The van der Waals surface area contributed by atoms with Crippen LogP contribution < -0.4 is 4.90 Å².